The quantitative estimate of drug-likeness (QED) is 0.785. The molecular formula is C13H19NO3. The number of aliphatic hydroxyl groups is 2. The van der Waals surface area contributed by atoms with E-state index in [0.717, 1.165) is 4.90 Å². The molecule has 0 heterocycles. The van der Waals surface area contributed by atoms with Crippen LogP contribution >= 0.6 is 0 Å². The molecule has 0 radical (unpaired) electrons. The average molecular weight is 237 g/mol. The third-order valence-corrected chi connectivity index (χ3v) is 2.32. The van der Waals surface area contributed by atoms with Gasteiger partial charge in [-0.2, -0.15) is 0 Å². The van der Waals surface area contributed by atoms with Crippen molar-refractivity contribution < 1.29 is 15.0 Å². The van der Waals surface area contributed by atoms with Crippen molar-refractivity contribution in [3.63, 3.8) is 0 Å². The van der Waals surface area contributed by atoms with Gasteiger partial charge in [-0.05, 0) is 39.8 Å². The van der Waals surface area contributed by atoms with E-state index in [1.54, 1.807) is 30.3 Å². The van der Waals surface area contributed by atoms with Crippen molar-refractivity contribution in [2.45, 2.75) is 39.1 Å². The zero-order valence-electron chi connectivity index (χ0n) is 10.6. The summed E-state index contributed by atoms with van der Waals surface area (Å²) in [5.74, 6) is -0.411. The van der Waals surface area contributed by atoms with Crippen LogP contribution in [0.15, 0.2) is 30.3 Å². The molecule has 4 heteroatoms. The van der Waals surface area contributed by atoms with E-state index in [0.29, 0.717) is 5.56 Å². The highest BCUT2D eigenvalue weighted by Gasteiger charge is 2.39. The minimum Gasteiger partial charge on any atom is -0.371 e. The van der Waals surface area contributed by atoms with Crippen LogP contribution in [-0.2, 0) is 0 Å². The molecule has 17 heavy (non-hydrogen) atoms. The number of benzene rings is 1. The smallest absolute Gasteiger partial charge is 0.258 e. The van der Waals surface area contributed by atoms with Crippen LogP contribution in [0.4, 0.5) is 0 Å². The number of hydrogen-bond donors (Lipinski definition) is 2. The molecule has 1 amide bonds. The van der Waals surface area contributed by atoms with E-state index >= 15 is 0 Å². The zero-order valence-corrected chi connectivity index (χ0v) is 10.6. The third kappa shape index (κ3) is 3.28. The summed E-state index contributed by atoms with van der Waals surface area (Å²) in [5, 5.41) is 20.0. The molecular weight excluding hydrogens is 218 g/mol. The van der Waals surface area contributed by atoms with Gasteiger partial charge in [-0.15, -0.1) is 0 Å². The lowest BCUT2D eigenvalue weighted by molar-refractivity contribution is -0.170. The highest BCUT2D eigenvalue weighted by molar-refractivity contribution is 5.94. The maximum absolute atomic E-state index is 12.2. The second-order valence-corrected chi connectivity index (χ2v) is 5.00. The first-order valence-electron chi connectivity index (χ1n) is 5.48. The van der Waals surface area contributed by atoms with E-state index in [1.807, 2.05) is 0 Å². The van der Waals surface area contributed by atoms with E-state index < -0.39 is 17.4 Å². The van der Waals surface area contributed by atoms with Gasteiger partial charge >= 0.3 is 0 Å². The lowest BCUT2D eigenvalue weighted by atomic mass is 10.1. The summed E-state index contributed by atoms with van der Waals surface area (Å²) in [6.07, 6.45) is 0. The lowest BCUT2D eigenvalue weighted by Gasteiger charge is -2.42. The van der Waals surface area contributed by atoms with Crippen molar-refractivity contribution in [2.75, 3.05) is 0 Å². The summed E-state index contributed by atoms with van der Waals surface area (Å²) in [5.41, 5.74) is -2.45. The molecule has 0 aliphatic heterocycles. The first-order valence-corrected chi connectivity index (χ1v) is 5.48. The fourth-order valence-electron chi connectivity index (χ4n) is 1.88. The van der Waals surface area contributed by atoms with Gasteiger partial charge in [0.05, 0.1) is 0 Å². The Hall–Kier alpha value is -1.39. The molecule has 1 aromatic carbocycles. The van der Waals surface area contributed by atoms with Gasteiger partial charge < -0.3 is 10.2 Å². The van der Waals surface area contributed by atoms with E-state index in [4.69, 9.17) is 0 Å². The number of carbonyl (C=O) groups excluding carboxylic acids is 1. The van der Waals surface area contributed by atoms with Crippen molar-refractivity contribution in [3.05, 3.63) is 35.9 Å². The molecule has 0 saturated carbocycles. The van der Waals surface area contributed by atoms with Gasteiger partial charge in [0, 0.05) is 5.56 Å². The fraction of sp³-hybridized carbons (Fsp3) is 0.462. The van der Waals surface area contributed by atoms with Crippen LogP contribution in [0.5, 0.6) is 0 Å². The average Bonchev–Trinajstić information content (AvgIpc) is 2.14. The van der Waals surface area contributed by atoms with Crippen LogP contribution in [-0.4, -0.2) is 32.5 Å². The molecule has 0 atom stereocenters. The van der Waals surface area contributed by atoms with Crippen LogP contribution in [0.3, 0.4) is 0 Å². The Morgan fingerprint density at radius 1 is 1.00 bits per heavy atom. The van der Waals surface area contributed by atoms with Gasteiger partial charge in [-0.1, -0.05) is 18.2 Å². The minimum absolute atomic E-state index is 0.411. The molecule has 0 spiro atoms. The van der Waals surface area contributed by atoms with E-state index in [1.165, 1.54) is 27.7 Å². The standard InChI is InChI=1S/C13H19NO3/c1-12(2,16)14(13(3,4)17)11(15)10-8-6-5-7-9-10/h5-9,16-17H,1-4H3. The Morgan fingerprint density at radius 3 is 1.76 bits per heavy atom. The van der Waals surface area contributed by atoms with Crippen LogP contribution in [0.1, 0.15) is 38.1 Å². The molecule has 4 nitrogen and oxygen atoms in total. The molecule has 1 rings (SSSR count). The van der Waals surface area contributed by atoms with Gasteiger partial charge in [0.2, 0.25) is 0 Å². The second kappa shape index (κ2) is 4.47. The molecule has 0 unspecified atom stereocenters. The largest absolute Gasteiger partial charge is 0.371 e. The summed E-state index contributed by atoms with van der Waals surface area (Å²) < 4.78 is 0. The number of carbonyl (C=O) groups is 1. The van der Waals surface area contributed by atoms with Crippen molar-refractivity contribution >= 4 is 5.91 Å². The molecule has 0 fully saturated rings. The second-order valence-electron chi connectivity index (χ2n) is 5.00. The first-order chi connectivity index (χ1) is 7.64. The summed E-state index contributed by atoms with van der Waals surface area (Å²) in [7, 11) is 0. The zero-order chi connectivity index (χ0) is 13.3. The fourth-order valence-corrected chi connectivity index (χ4v) is 1.88. The topological polar surface area (TPSA) is 60.8 Å². The number of nitrogens with zero attached hydrogens (tertiary/aromatic N) is 1. The first kappa shape index (κ1) is 13.7. The highest BCUT2D eigenvalue weighted by Crippen LogP contribution is 2.24. The third-order valence-electron chi connectivity index (χ3n) is 2.32. The molecule has 2 N–H and O–H groups in total. The number of rotatable bonds is 3. The maximum Gasteiger partial charge on any atom is 0.258 e. The van der Waals surface area contributed by atoms with E-state index in [2.05, 4.69) is 0 Å². The Labute approximate surface area is 101 Å². The molecule has 0 saturated heterocycles. The monoisotopic (exact) mass is 237 g/mol. The van der Waals surface area contributed by atoms with Crippen LogP contribution in [0.2, 0.25) is 0 Å². The molecule has 0 bridgehead atoms. The van der Waals surface area contributed by atoms with Crippen LogP contribution in [0, 0.1) is 0 Å². The van der Waals surface area contributed by atoms with Crippen LogP contribution < -0.4 is 0 Å². The molecule has 94 valence electrons. The minimum atomic E-state index is -1.44. The molecule has 1 aromatic rings. The Balaban J connectivity index is 3.14. The molecule has 0 aliphatic rings. The molecule has 0 aromatic heterocycles. The maximum atomic E-state index is 12.2. The summed E-state index contributed by atoms with van der Waals surface area (Å²) >= 11 is 0. The Morgan fingerprint density at radius 2 is 1.41 bits per heavy atom. The summed E-state index contributed by atoms with van der Waals surface area (Å²) in [6.45, 7) is 5.86. The van der Waals surface area contributed by atoms with Crippen LogP contribution in [0.25, 0.3) is 0 Å². The normalized spacial score (nSPS) is 12.4. The van der Waals surface area contributed by atoms with Crippen molar-refractivity contribution in [2.24, 2.45) is 0 Å². The van der Waals surface area contributed by atoms with Gasteiger partial charge in [-0.25, -0.2) is 0 Å². The van der Waals surface area contributed by atoms with Crippen molar-refractivity contribution in [1.29, 1.82) is 0 Å². The van der Waals surface area contributed by atoms with Crippen molar-refractivity contribution in [1.82, 2.24) is 4.90 Å². The SMILES string of the molecule is CC(C)(O)N(C(=O)c1ccccc1)C(C)(C)O. The van der Waals surface area contributed by atoms with Gasteiger partial charge in [0.25, 0.3) is 5.91 Å². The number of amides is 1. The predicted octanol–water partition coefficient (Wildman–Crippen LogP) is 1.59. The molecule has 0 aliphatic carbocycles. The highest BCUT2D eigenvalue weighted by atomic mass is 16.4. The predicted molar refractivity (Wildman–Crippen MR) is 65.2 cm³/mol. The lowest BCUT2D eigenvalue weighted by Crippen LogP contribution is -2.58. The Bertz CT molecular complexity index is 373. The van der Waals surface area contributed by atoms with E-state index in [9.17, 15) is 15.0 Å². The Kier molecular flexibility index (Phi) is 3.59. The number of hydrogen-bond acceptors (Lipinski definition) is 3. The van der Waals surface area contributed by atoms with E-state index in [-0.39, 0.29) is 0 Å². The summed E-state index contributed by atoms with van der Waals surface area (Å²) in [4.78, 5) is 13.3. The van der Waals surface area contributed by atoms with Gasteiger partial charge in [0.15, 0.2) is 0 Å². The summed E-state index contributed by atoms with van der Waals surface area (Å²) in [6, 6.07) is 8.56. The van der Waals surface area contributed by atoms with Gasteiger partial charge in [0.1, 0.15) is 11.4 Å². The van der Waals surface area contributed by atoms with Gasteiger partial charge in [-0.3, -0.25) is 9.69 Å². The van der Waals surface area contributed by atoms with Crippen molar-refractivity contribution in [3.8, 4) is 0 Å².